The number of hydrogen-bond donors (Lipinski definition) is 1. The van der Waals surface area contributed by atoms with E-state index < -0.39 is 29.8 Å². The summed E-state index contributed by atoms with van der Waals surface area (Å²) < 4.78 is 17.5. The number of nitrogens with one attached hydrogen (secondary N) is 1. The Morgan fingerprint density at radius 2 is 1.83 bits per heavy atom. The molecule has 1 aromatic heterocycles. The summed E-state index contributed by atoms with van der Waals surface area (Å²) in [4.78, 5) is 48.7. The summed E-state index contributed by atoms with van der Waals surface area (Å²) in [6.45, 7) is 12.0. The predicted octanol–water partition coefficient (Wildman–Crippen LogP) is 5.87. The highest BCUT2D eigenvalue weighted by Gasteiger charge is 2.42. The van der Waals surface area contributed by atoms with Crippen molar-refractivity contribution in [3.05, 3.63) is 52.5 Å². The second-order valence-corrected chi connectivity index (χ2v) is 14.3. The average molecular weight is 659 g/mol. The largest absolute Gasteiger partial charge is 0.444 e. The molecule has 0 spiro atoms. The molecule has 1 fully saturated rings. The standard InChI is InChI=1S/C35H54N4O6S/c1-10-23(2)30(38(7)34(42)45-35(4,5)6)28(43-8)22-29(40)39-19-14-17-27(39)31(44-9)24(3)32(41)37-26(33-36-18-20-46-33)21-25-15-12-11-13-16-25/h11-13,15-16,18,20,23-24,26-28,30-31H,10,14,17,19,21-22H2,1-9H3,(H,37,41)/t23-,24+,26-,27-,28+,30-,31+/m0/s1. The van der Waals surface area contributed by atoms with Gasteiger partial charge in [-0.05, 0) is 51.5 Å². The van der Waals surface area contributed by atoms with Gasteiger partial charge in [0.05, 0.1) is 42.7 Å². The van der Waals surface area contributed by atoms with E-state index >= 15 is 0 Å². The van der Waals surface area contributed by atoms with E-state index in [1.54, 1.807) is 32.4 Å². The molecule has 11 heteroatoms. The number of rotatable bonds is 15. The van der Waals surface area contributed by atoms with Crippen molar-refractivity contribution >= 4 is 29.2 Å². The summed E-state index contributed by atoms with van der Waals surface area (Å²) in [6.07, 6.45) is 3.29. The van der Waals surface area contributed by atoms with Crippen molar-refractivity contribution in [3.8, 4) is 0 Å². The third kappa shape index (κ3) is 9.99. The molecule has 1 saturated heterocycles. The van der Waals surface area contributed by atoms with Crippen molar-refractivity contribution in [1.82, 2.24) is 20.1 Å². The van der Waals surface area contributed by atoms with Crippen molar-refractivity contribution in [2.75, 3.05) is 27.8 Å². The van der Waals surface area contributed by atoms with Gasteiger partial charge in [0, 0.05) is 39.4 Å². The van der Waals surface area contributed by atoms with Crippen molar-refractivity contribution < 1.29 is 28.6 Å². The first kappa shape index (κ1) is 37.4. The highest BCUT2D eigenvalue weighted by molar-refractivity contribution is 7.09. The maximum Gasteiger partial charge on any atom is 0.410 e. The van der Waals surface area contributed by atoms with Crippen LogP contribution < -0.4 is 5.32 Å². The van der Waals surface area contributed by atoms with Gasteiger partial charge in [-0.15, -0.1) is 11.3 Å². The Hall–Kier alpha value is -3.02. The molecule has 7 atom stereocenters. The lowest BCUT2D eigenvalue weighted by molar-refractivity contribution is -0.143. The fraction of sp³-hybridized carbons (Fsp3) is 0.657. The lowest BCUT2D eigenvalue weighted by Crippen LogP contribution is -2.53. The number of benzene rings is 1. The van der Waals surface area contributed by atoms with Crippen LogP contribution in [0.25, 0.3) is 0 Å². The van der Waals surface area contributed by atoms with E-state index in [2.05, 4.69) is 24.1 Å². The van der Waals surface area contributed by atoms with Gasteiger partial charge in [0.2, 0.25) is 11.8 Å². The number of methoxy groups -OCH3 is 2. The number of likely N-dealkylation sites (N-methyl/N-ethyl adjacent to an activating group) is 1. The average Bonchev–Trinajstić information content (AvgIpc) is 3.73. The van der Waals surface area contributed by atoms with E-state index in [4.69, 9.17) is 14.2 Å². The molecule has 3 amide bonds. The van der Waals surface area contributed by atoms with Crippen molar-refractivity contribution in [2.24, 2.45) is 11.8 Å². The Balaban J connectivity index is 1.75. The lowest BCUT2D eigenvalue weighted by atomic mass is 9.90. The van der Waals surface area contributed by atoms with Gasteiger partial charge in [-0.25, -0.2) is 9.78 Å². The Morgan fingerprint density at radius 3 is 2.39 bits per heavy atom. The number of amides is 3. The van der Waals surface area contributed by atoms with Crippen molar-refractivity contribution in [3.63, 3.8) is 0 Å². The van der Waals surface area contributed by atoms with Gasteiger partial charge in [0.15, 0.2) is 0 Å². The van der Waals surface area contributed by atoms with Gasteiger partial charge >= 0.3 is 6.09 Å². The predicted molar refractivity (Wildman–Crippen MR) is 180 cm³/mol. The number of hydrogen-bond acceptors (Lipinski definition) is 8. The molecule has 1 aromatic carbocycles. The van der Waals surface area contributed by atoms with Crippen molar-refractivity contribution in [1.29, 1.82) is 0 Å². The van der Waals surface area contributed by atoms with Crippen molar-refractivity contribution in [2.45, 2.75) is 110 Å². The molecule has 46 heavy (non-hydrogen) atoms. The van der Waals surface area contributed by atoms with E-state index in [1.165, 1.54) is 11.3 Å². The smallest absolute Gasteiger partial charge is 0.410 e. The number of carbonyl (C=O) groups is 3. The van der Waals surface area contributed by atoms with Crippen LogP contribution in [0, 0.1) is 11.8 Å². The van der Waals surface area contributed by atoms with Crippen LogP contribution >= 0.6 is 11.3 Å². The van der Waals surface area contributed by atoms with Crippen LogP contribution in [0.2, 0.25) is 0 Å². The fourth-order valence-corrected chi connectivity index (χ4v) is 7.06. The molecule has 1 N–H and O–H groups in total. The van der Waals surface area contributed by atoms with Crippen LogP contribution in [-0.2, 0) is 30.2 Å². The zero-order valence-corrected chi connectivity index (χ0v) is 29.8. The first-order chi connectivity index (χ1) is 21.8. The summed E-state index contributed by atoms with van der Waals surface area (Å²) in [5.74, 6) is -0.694. The minimum Gasteiger partial charge on any atom is -0.444 e. The summed E-state index contributed by atoms with van der Waals surface area (Å²) in [7, 11) is 4.89. The minimum absolute atomic E-state index is 0.0572. The quantitative estimate of drug-likeness (QED) is 0.255. The van der Waals surface area contributed by atoms with Gasteiger partial charge in [0.1, 0.15) is 10.6 Å². The molecule has 0 unspecified atom stereocenters. The first-order valence-corrected chi connectivity index (χ1v) is 17.2. The van der Waals surface area contributed by atoms with E-state index in [0.717, 1.165) is 29.8 Å². The number of likely N-dealkylation sites (tertiary alicyclic amines) is 1. The molecule has 1 aliphatic rings. The molecule has 0 saturated carbocycles. The molecule has 3 rings (SSSR count). The van der Waals surface area contributed by atoms with Crippen LogP contribution in [0.1, 0.15) is 83.8 Å². The normalized spacial score (nSPS) is 19.1. The molecule has 0 radical (unpaired) electrons. The molecule has 2 heterocycles. The highest BCUT2D eigenvalue weighted by atomic mass is 32.1. The molecular formula is C35H54N4O6S. The Morgan fingerprint density at radius 1 is 1.13 bits per heavy atom. The topological polar surface area (TPSA) is 110 Å². The summed E-state index contributed by atoms with van der Waals surface area (Å²) in [6, 6.07) is 9.11. The molecule has 0 bridgehead atoms. The fourth-order valence-electron chi connectivity index (χ4n) is 6.37. The Kier molecular flexibility index (Phi) is 14.0. The van der Waals surface area contributed by atoms with Crippen LogP contribution in [0.4, 0.5) is 4.79 Å². The molecule has 256 valence electrons. The zero-order chi connectivity index (χ0) is 34.0. The van der Waals surface area contributed by atoms with E-state index in [-0.39, 0.29) is 42.3 Å². The van der Waals surface area contributed by atoms with E-state index in [9.17, 15) is 14.4 Å². The summed E-state index contributed by atoms with van der Waals surface area (Å²) >= 11 is 1.51. The SMILES string of the molecule is CC[C@H](C)[C@@H]([C@@H](CC(=O)N1CCC[C@H]1[C@H](OC)[C@@H](C)C(=O)N[C@@H](Cc1ccccc1)c1nccs1)OC)N(C)C(=O)OC(C)(C)C. The first-order valence-electron chi connectivity index (χ1n) is 16.4. The second-order valence-electron chi connectivity index (χ2n) is 13.4. The van der Waals surface area contributed by atoms with Crippen LogP contribution in [-0.4, -0.2) is 90.4 Å². The molecule has 10 nitrogen and oxygen atoms in total. The molecule has 1 aliphatic heterocycles. The summed E-state index contributed by atoms with van der Waals surface area (Å²) in [5.41, 5.74) is 0.458. The maximum atomic E-state index is 14.0. The number of thiazole rings is 1. The van der Waals surface area contributed by atoms with Gasteiger partial charge in [-0.2, -0.15) is 0 Å². The van der Waals surface area contributed by atoms with Gasteiger partial charge < -0.3 is 29.3 Å². The molecule has 0 aliphatic carbocycles. The van der Waals surface area contributed by atoms with E-state index in [0.29, 0.717) is 13.0 Å². The number of aromatic nitrogens is 1. The van der Waals surface area contributed by atoms with E-state index in [1.807, 2.05) is 68.3 Å². The highest BCUT2D eigenvalue weighted by Crippen LogP contribution is 2.30. The van der Waals surface area contributed by atoms with Crippen LogP contribution in [0.3, 0.4) is 0 Å². The van der Waals surface area contributed by atoms with Gasteiger partial charge in [-0.3, -0.25) is 9.59 Å². The lowest BCUT2D eigenvalue weighted by Gasteiger charge is -2.39. The van der Waals surface area contributed by atoms with Gasteiger partial charge in [0.25, 0.3) is 0 Å². The zero-order valence-electron chi connectivity index (χ0n) is 29.0. The Bertz CT molecular complexity index is 1240. The minimum atomic E-state index is -0.646. The molecular weight excluding hydrogens is 604 g/mol. The monoisotopic (exact) mass is 658 g/mol. The third-order valence-corrected chi connectivity index (χ3v) is 9.83. The molecule has 2 aromatic rings. The Labute approximate surface area is 279 Å². The number of nitrogens with zero attached hydrogens (tertiary/aromatic N) is 3. The summed E-state index contributed by atoms with van der Waals surface area (Å²) in [5, 5.41) is 5.97. The number of carbonyl (C=O) groups excluding carboxylic acids is 3. The van der Waals surface area contributed by atoms with Crippen LogP contribution in [0.15, 0.2) is 41.9 Å². The number of ether oxygens (including phenoxy) is 3. The third-order valence-electron chi connectivity index (χ3n) is 8.94. The second kappa shape index (κ2) is 17.2. The van der Waals surface area contributed by atoms with Gasteiger partial charge in [-0.1, -0.05) is 57.5 Å². The maximum absolute atomic E-state index is 14.0. The van der Waals surface area contributed by atoms with Crippen LogP contribution in [0.5, 0.6) is 0 Å².